The highest BCUT2D eigenvalue weighted by Gasteiger charge is 2.05. The van der Waals surface area contributed by atoms with Gasteiger partial charge in [-0.05, 0) is 26.0 Å². The highest BCUT2D eigenvalue weighted by molar-refractivity contribution is 7.80. The SMILES string of the molecule is CCOc1ccc(NS(=O)[O-])cc1OCC. The fraction of sp³-hybridized carbons (Fsp3) is 0.400. The van der Waals surface area contributed by atoms with E-state index in [2.05, 4.69) is 4.72 Å². The summed E-state index contributed by atoms with van der Waals surface area (Å²) in [5.41, 5.74) is 0.445. The molecule has 1 aromatic rings. The minimum absolute atomic E-state index is 0.445. The molecule has 5 nitrogen and oxygen atoms in total. The summed E-state index contributed by atoms with van der Waals surface area (Å²) in [5, 5.41) is 0. The van der Waals surface area contributed by atoms with Gasteiger partial charge in [-0.25, -0.2) is 0 Å². The van der Waals surface area contributed by atoms with E-state index >= 15 is 0 Å². The Kier molecular flexibility index (Phi) is 5.07. The van der Waals surface area contributed by atoms with Crippen molar-refractivity contribution in [2.24, 2.45) is 0 Å². The number of nitrogens with one attached hydrogen (secondary N) is 1. The molecule has 0 bridgehead atoms. The maximum Gasteiger partial charge on any atom is 0.163 e. The van der Waals surface area contributed by atoms with Gasteiger partial charge in [-0.2, -0.15) is 0 Å². The number of ether oxygens (including phenoxy) is 2. The quantitative estimate of drug-likeness (QED) is 0.773. The number of anilines is 1. The van der Waals surface area contributed by atoms with Gasteiger partial charge in [0.15, 0.2) is 11.5 Å². The molecule has 0 fully saturated rings. The van der Waals surface area contributed by atoms with Gasteiger partial charge in [-0.15, -0.1) is 0 Å². The number of rotatable bonds is 6. The van der Waals surface area contributed by atoms with Crippen molar-refractivity contribution in [3.8, 4) is 11.5 Å². The molecule has 0 aliphatic rings. The zero-order chi connectivity index (χ0) is 12.0. The van der Waals surface area contributed by atoms with Gasteiger partial charge < -0.3 is 18.7 Å². The lowest BCUT2D eigenvalue weighted by Crippen LogP contribution is -2.04. The van der Waals surface area contributed by atoms with Gasteiger partial charge in [-0.3, -0.25) is 4.21 Å². The third-order valence-corrected chi connectivity index (χ3v) is 2.15. The second-order valence-electron chi connectivity index (χ2n) is 2.86. The van der Waals surface area contributed by atoms with Crippen molar-refractivity contribution >= 4 is 17.0 Å². The van der Waals surface area contributed by atoms with Crippen LogP contribution in [-0.4, -0.2) is 22.0 Å². The molecule has 0 saturated heterocycles. The fourth-order valence-corrected chi connectivity index (χ4v) is 1.53. The average Bonchev–Trinajstić information content (AvgIpc) is 2.21. The monoisotopic (exact) mass is 244 g/mol. The van der Waals surface area contributed by atoms with Crippen LogP contribution in [0.15, 0.2) is 18.2 Å². The van der Waals surface area contributed by atoms with Gasteiger partial charge in [0.1, 0.15) is 0 Å². The van der Waals surface area contributed by atoms with E-state index in [9.17, 15) is 8.76 Å². The minimum Gasteiger partial charge on any atom is -0.755 e. The maximum atomic E-state index is 10.5. The van der Waals surface area contributed by atoms with E-state index in [0.717, 1.165) is 0 Å². The molecule has 16 heavy (non-hydrogen) atoms. The Hall–Kier alpha value is -1.27. The summed E-state index contributed by atoms with van der Waals surface area (Å²) in [7, 11) is 0. The first-order valence-electron chi connectivity index (χ1n) is 4.93. The largest absolute Gasteiger partial charge is 0.755 e. The molecule has 1 unspecified atom stereocenters. The van der Waals surface area contributed by atoms with Crippen LogP contribution in [0.2, 0.25) is 0 Å². The minimum atomic E-state index is -2.34. The summed E-state index contributed by atoms with van der Waals surface area (Å²) in [6.07, 6.45) is 0. The molecular formula is C10H14NO4S-. The van der Waals surface area contributed by atoms with E-state index in [4.69, 9.17) is 9.47 Å². The molecule has 90 valence electrons. The molecule has 0 saturated carbocycles. The lowest BCUT2D eigenvalue weighted by atomic mass is 10.3. The van der Waals surface area contributed by atoms with Crippen LogP contribution in [0.5, 0.6) is 11.5 Å². The zero-order valence-electron chi connectivity index (χ0n) is 9.19. The first-order chi connectivity index (χ1) is 7.67. The van der Waals surface area contributed by atoms with Crippen LogP contribution in [0.1, 0.15) is 13.8 Å². The van der Waals surface area contributed by atoms with Crippen molar-refractivity contribution in [3.63, 3.8) is 0 Å². The highest BCUT2D eigenvalue weighted by atomic mass is 32.2. The van der Waals surface area contributed by atoms with Crippen molar-refractivity contribution in [1.29, 1.82) is 0 Å². The molecule has 0 spiro atoms. The Bertz CT molecular complexity index is 370. The summed E-state index contributed by atoms with van der Waals surface area (Å²) in [5.74, 6) is 1.13. The summed E-state index contributed by atoms with van der Waals surface area (Å²) in [6, 6.07) is 4.87. The number of hydrogen-bond donors (Lipinski definition) is 1. The van der Waals surface area contributed by atoms with E-state index in [1.165, 1.54) is 0 Å². The van der Waals surface area contributed by atoms with E-state index in [1.807, 2.05) is 13.8 Å². The third-order valence-electron chi connectivity index (χ3n) is 1.74. The van der Waals surface area contributed by atoms with E-state index in [-0.39, 0.29) is 0 Å². The first kappa shape index (κ1) is 12.8. The van der Waals surface area contributed by atoms with Crippen LogP contribution in [0.4, 0.5) is 5.69 Å². The molecule has 0 aromatic heterocycles. The molecule has 1 atom stereocenters. The Morgan fingerprint density at radius 1 is 1.25 bits per heavy atom. The Labute approximate surface area is 97.2 Å². The molecule has 0 radical (unpaired) electrons. The van der Waals surface area contributed by atoms with Crippen LogP contribution in [0, 0.1) is 0 Å². The second-order valence-corrected chi connectivity index (χ2v) is 3.54. The molecule has 6 heteroatoms. The smallest absolute Gasteiger partial charge is 0.163 e. The Balaban J connectivity index is 2.92. The average molecular weight is 244 g/mol. The molecule has 0 heterocycles. The van der Waals surface area contributed by atoms with Crippen LogP contribution in [0.25, 0.3) is 0 Å². The van der Waals surface area contributed by atoms with Crippen LogP contribution < -0.4 is 14.2 Å². The molecule has 1 N–H and O–H groups in total. The van der Waals surface area contributed by atoms with Gasteiger partial charge in [0.25, 0.3) is 0 Å². The molecule has 0 aliphatic heterocycles. The lowest BCUT2D eigenvalue weighted by Gasteiger charge is -2.14. The zero-order valence-corrected chi connectivity index (χ0v) is 10.0. The Morgan fingerprint density at radius 3 is 2.44 bits per heavy atom. The van der Waals surface area contributed by atoms with Gasteiger partial charge in [0.2, 0.25) is 0 Å². The summed E-state index contributed by atoms with van der Waals surface area (Å²) in [6.45, 7) is 4.74. The molecule has 1 aromatic carbocycles. The maximum absolute atomic E-state index is 10.5. The van der Waals surface area contributed by atoms with E-state index < -0.39 is 11.3 Å². The van der Waals surface area contributed by atoms with Crippen LogP contribution >= 0.6 is 0 Å². The van der Waals surface area contributed by atoms with E-state index in [0.29, 0.717) is 30.4 Å². The molecule has 0 aliphatic carbocycles. The first-order valence-corrected chi connectivity index (χ1v) is 6.00. The normalized spacial score (nSPS) is 11.9. The van der Waals surface area contributed by atoms with Gasteiger partial charge in [-0.1, -0.05) is 0 Å². The summed E-state index contributed by atoms with van der Waals surface area (Å²) in [4.78, 5) is 0. The lowest BCUT2D eigenvalue weighted by molar-refractivity contribution is 0.288. The van der Waals surface area contributed by atoms with Crippen LogP contribution in [-0.2, 0) is 11.3 Å². The number of benzene rings is 1. The summed E-state index contributed by atoms with van der Waals surface area (Å²) < 4.78 is 33.9. The molecule has 1 rings (SSSR count). The summed E-state index contributed by atoms with van der Waals surface area (Å²) >= 11 is -2.34. The molecular weight excluding hydrogens is 230 g/mol. The predicted octanol–water partition coefficient (Wildman–Crippen LogP) is 1.69. The second kappa shape index (κ2) is 6.34. The van der Waals surface area contributed by atoms with Crippen LogP contribution in [0.3, 0.4) is 0 Å². The van der Waals surface area contributed by atoms with E-state index in [1.54, 1.807) is 18.2 Å². The topological polar surface area (TPSA) is 70.6 Å². The standard InChI is InChI=1S/C10H15NO4S/c1-3-14-9-6-5-8(11-16(12)13)7-10(9)15-4-2/h5-7,11H,3-4H2,1-2H3,(H,12,13)/p-1. The fourth-order valence-electron chi connectivity index (χ4n) is 1.21. The van der Waals surface area contributed by atoms with Gasteiger partial charge >= 0.3 is 0 Å². The number of hydrogen-bond acceptors (Lipinski definition) is 4. The predicted molar refractivity (Wildman–Crippen MR) is 61.3 cm³/mol. The van der Waals surface area contributed by atoms with Gasteiger partial charge in [0.05, 0.1) is 13.2 Å². The Morgan fingerprint density at radius 2 is 1.88 bits per heavy atom. The molecule has 0 amide bonds. The van der Waals surface area contributed by atoms with Gasteiger partial charge in [0, 0.05) is 23.0 Å². The van der Waals surface area contributed by atoms with Crippen molar-refractivity contribution in [2.75, 3.05) is 17.9 Å². The van der Waals surface area contributed by atoms with Crippen molar-refractivity contribution in [1.82, 2.24) is 0 Å². The third kappa shape index (κ3) is 3.71. The van der Waals surface area contributed by atoms with Crippen molar-refractivity contribution in [3.05, 3.63) is 18.2 Å². The van der Waals surface area contributed by atoms with Crippen molar-refractivity contribution in [2.45, 2.75) is 13.8 Å². The van der Waals surface area contributed by atoms with Crippen molar-refractivity contribution < 1.29 is 18.2 Å². The highest BCUT2D eigenvalue weighted by Crippen LogP contribution is 2.30.